The van der Waals surface area contributed by atoms with Crippen molar-refractivity contribution in [3.63, 3.8) is 0 Å². The molecule has 0 N–H and O–H groups in total. The van der Waals surface area contributed by atoms with Gasteiger partial charge < -0.3 is 4.74 Å². The summed E-state index contributed by atoms with van der Waals surface area (Å²) in [5.74, 6) is -1.69. The van der Waals surface area contributed by atoms with Crippen molar-refractivity contribution >= 4 is 35.4 Å². The largest absolute Gasteiger partial charge is 0.464 e. The van der Waals surface area contributed by atoms with E-state index in [9.17, 15) is 24.5 Å². The Balaban J connectivity index is 1.51. The summed E-state index contributed by atoms with van der Waals surface area (Å²) >= 11 is 0. The number of carbonyl (C=O) groups is 3. The maximum absolute atomic E-state index is 12.9. The Morgan fingerprint density at radius 3 is 2.14 bits per heavy atom. The molecule has 35 heavy (non-hydrogen) atoms. The normalized spacial score (nSPS) is 13.7. The molecular formula is C26H21N3O6. The second-order valence-corrected chi connectivity index (χ2v) is 7.77. The van der Waals surface area contributed by atoms with Gasteiger partial charge in [-0.25, -0.2) is 4.79 Å². The molecule has 1 aliphatic heterocycles. The zero-order valence-corrected chi connectivity index (χ0v) is 18.8. The van der Waals surface area contributed by atoms with Crippen LogP contribution in [0.3, 0.4) is 0 Å². The van der Waals surface area contributed by atoms with Crippen LogP contribution in [0.4, 0.5) is 11.4 Å². The number of hydrogen-bond acceptors (Lipinski definition) is 7. The van der Waals surface area contributed by atoms with E-state index in [2.05, 4.69) is 4.99 Å². The number of amides is 2. The third-order valence-corrected chi connectivity index (χ3v) is 5.53. The maximum atomic E-state index is 12.9. The monoisotopic (exact) mass is 471 g/mol. The number of carbonyl (C=O) groups excluding carboxylic acids is 3. The fourth-order valence-corrected chi connectivity index (χ4v) is 3.78. The highest BCUT2D eigenvalue weighted by Crippen LogP contribution is 2.27. The second-order valence-electron chi connectivity index (χ2n) is 7.77. The van der Waals surface area contributed by atoms with E-state index in [1.165, 1.54) is 12.1 Å². The Morgan fingerprint density at radius 2 is 1.60 bits per heavy atom. The summed E-state index contributed by atoms with van der Waals surface area (Å²) in [4.78, 5) is 54.2. The van der Waals surface area contributed by atoms with Gasteiger partial charge in [0.05, 0.1) is 28.3 Å². The van der Waals surface area contributed by atoms with Crippen molar-refractivity contribution in [3.8, 4) is 0 Å². The molecule has 176 valence electrons. The fourth-order valence-electron chi connectivity index (χ4n) is 3.78. The van der Waals surface area contributed by atoms with Gasteiger partial charge in [-0.2, -0.15) is 0 Å². The van der Waals surface area contributed by atoms with Crippen molar-refractivity contribution in [2.24, 2.45) is 4.99 Å². The highest BCUT2D eigenvalue weighted by molar-refractivity contribution is 6.22. The molecule has 0 bridgehead atoms. The minimum absolute atomic E-state index is 0.000665. The van der Waals surface area contributed by atoms with Crippen molar-refractivity contribution in [2.45, 2.75) is 19.4 Å². The van der Waals surface area contributed by atoms with Crippen LogP contribution in [0, 0.1) is 10.1 Å². The van der Waals surface area contributed by atoms with Crippen LogP contribution in [-0.2, 0) is 16.0 Å². The molecule has 0 radical (unpaired) electrons. The lowest BCUT2D eigenvalue weighted by Gasteiger charge is -2.24. The summed E-state index contributed by atoms with van der Waals surface area (Å²) < 4.78 is 5.17. The van der Waals surface area contributed by atoms with Crippen molar-refractivity contribution in [3.05, 3.63) is 105 Å². The van der Waals surface area contributed by atoms with Crippen LogP contribution in [0.25, 0.3) is 0 Å². The summed E-state index contributed by atoms with van der Waals surface area (Å²) in [7, 11) is 0. The molecule has 9 nitrogen and oxygen atoms in total. The van der Waals surface area contributed by atoms with E-state index in [0.717, 1.165) is 4.90 Å². The average molecular weight is 471 g/mol. The number of aliphatic imine (C=N–C) groups is 1. The first kappa shape index (κ1) is 23.5. The van der Waals surface area contributed by atoms with E-state index in [-0.39, 0.29) is 29.8 Å². The smallest absolute Gasteiger partial charge is 0.329 e. The second kappa shape index (κ2) is 10.1. The van der Waals surface area contributed by atoms with Gasteiger partial charge in [0.25, 0.3) is 17.5 Å². The molecule has 1 aliphatic rings. The number of benzene rings is 3. The Morgan fingerprint density at radius 1 is 1.00 bits per heavy atom. The molecule has 1 atom stereocenters. The lowest BCUT2D eigenvalue weighted by molar-refractivity contribution is -0.384. The van der Waals surface area contributed by atoms with Crippen LogP contribution in [0.2, 0.25) is 0 Å². The molecule has 0 unspecified atom stereocenters. The number of hydrogen-bond donors (Lipinski definition) is 0. The molecule has 3 aromatic rings. The summed E-state index contributed by atoms with van der Waals surface area (Å²) in [5.41, 5.74) is 2.58. The Hall–Kier alpha value is -4.66. The van der Waals surface area contributed by atoms with Gasteiger partial charge in [-0.3, -0.25) is 29.6 Å². The van der Waals surface area contributed by atoms with Crippen molar-refractivity contribution in [1.82, 2.24) is 4.90 Å². The van der Waals surface area contributed by atoms with E-state index in [0.29, 0.717) is 16.8 Å². The van der Waals surface area contributed by atoms with Gasteiger partial charge in [0.15, 0.2) is 0 Å². The molecule has 4 rings (SSSR count). The third-order valence-electron chi connectivity index (χ3n) is 5.53. The van der Waals surface area contributed by atoms with Crippen LogP contribution < -0.4 is 0 Å². The van der Waals surface area contributed by atoms with Crippen molar-refractivity contribution < 1.29 is 24.0 Å². The lowest BCUT2D eigenvalue weighted by atomic mass is 10.0. The van der Waals surface area contributed by atoms with Crippen LogP contribution in [0.5, 0.6) is 0 Å². The lowest BCUT2D eigenvalue weighted by Crippen LogP contribution is -2.47. The molecule has 0 saturated carbocycles. The van der Waals surface area contributed by atoms with Crippen molar-refractivity contribution in [2.75, 3.05) is 6.61 Å². The standard InChI is InChI=1S/C26H21N3O6/c1-2-35-26(32)23(28-24(30)21-5-3-4-6-22(21)25(28)31)15-17-7-11-19(12-8-17)27-16-18-9-13-20(14-10-18)29(33)34/h3-14,16,23H,2,15H2,1H3/t23-/m0/s1. The first-order valence-electron chi connectivity index (χ1n) is 10.9. The summed E-state index contributed by atoms with van der Waals surface area (Å²) in [6.07, 6.45) is 1.68. The molecule has 3 aromatic carbocycles. The molecule has 0 fully saturated rings. The molecule has 2 amide bonds. The average Bonchev–Trinajstić information content (AvgIpc) is 3.12. The molecule has 0 aliphatic carbocycles. The molecule has 0 spiro atoms. The SMILES string of the molecule is CCOC(=O)[C@H](Cc1ccc(N=Cc2ccc([N+](=O)[O-])cc2)cc1)N1C(=O)c2ccccc2C1=O. The third kappa shape index (κ3) is 4.98. The van der Waals surface area contributed by atoms with E-state index in [1.807, 2.05) is 0 Å². The predicted molar refractivity (Wildman–Crippen MR) is 128 cm³/mol. The number of esters is 1. The molecule has 9 heteroatoms. The van der Waals surface area contributed by atoms with Crippen molar-refractivity contribution in [1.29, 1.82) is 0 Å². The molecular weight excluding hydrogens is 450 g/mol. The Bertz CT molecular complexity index is 1280. The number of non-ortho nitro benzene ring substituents is 1. The number of nitrogens with zero attached hydrogens (tertiary/aromatic N) is 3. The highest BCUT2D eigenvalue weighted by atomic mass is 16.6. The maximum Gasteiger partial charge on any atom is 0.329 e. The molecule has 0 aromatic heterocycles. The highest BCUT2D eigenvalue weighted by Gasteiger charge is 2.43. The van der Waals surface area contributed by atoms with Crippen LogP contribution >= 0.6 is 0 Å². The van der Waals surface area contributed by atoms with Gasteiger partial charge in [-0.05, 0) is 54.4 Å². The summed E-state index contributed by atoms with van der Waals surface area (Å²) in [6, 6.07) is 18.4. The van der Waals surface area contributed by atoms with Gasteiger partial charge >= 0.3 is 5.97 Å². The molecule has 1 heterocycles. The van der Waals surface area contributed by atoms with E-state index in [1.54, 1.807) is 73.8 Å². The topological polar surface area (TPSA) is 119 Å². The first-order chi connectivity index (χ1) is 16.9. The van der Waals surface area contributed by atoms with Gasteiger partial charge in [-0.15, -0.1) is 0 Å². The number of nitro benzene ring substituents is 1. The summed E-state index contributed by atoms with van der Waals surface area (Å²) in [5, 5.41) is 10.8. The number of fused-ring (bicyclic) bond motifs is 1. The number of nitro groups is 1. The molecule has 0 saturated heterocycles. The number of imide groups is 1. The predicted octanol–water partition coefficient (Wildman–Crippen LogP) is 4.12. The van der Waals surface area contributed by atoms with Gasteiger partial charge in [0, 0.05) is 24.8 Å². The van der Waals surface area contributed by atoms with Crippen LogP contribution in [-0.4, -0.2) is 46.5 Å². The minimum atomic E-state index is -1.10. The van der Waals surface area contributed by atoms with Crippen LogP contribution in [0.1, 0.15) is 38.8 Å². The van der Waals surface area contributed by atoms with Gasteiger partial charge in [-0.1, -0.05) is 24.3 Å². The van der Waals surface area contributed by atoms with Gasteiger partial charge in [0.2, 0.25) is 0 Å². The Kier molecular flexibility index (Phi) is 6.77. The van der Waals surface area contributed by atoms with E-state index >= 15 is 0 Å². The zero-order chi connectivity index (χ0) is 24.9. The summed E-state index contributed by atoms with van der Waals surface area (Å²) in [6.45, 7) is 1.78. The minimum Gasteiger partial charge on any atom is -0.464 e. The van der Waals surface area contributed by atoms with E-state index < -0.39 is 28.7 Å². The number of rotatable bonds is 8. The van der Waals surface area contributed by atoms with Crippen LogP contribution in [0.15, 0.2) is 77.8 Å². The first-order valence-corrected chi connectivity index (χ1v) is 10.9. The fraction of sp³-hybridized carbons (Fsp3) is 0.154. The number of ether oxygens (including phenoxy) is 1. The zero-order valence-electron chi connectivity index (χ0n) is 18.8. The van der Waals surface area contributed by atoms with Gasteiger partial charge in [0.1, 0.15) is 6.04 Å². The quantitative estimate of drug-likeness (QED) is 0.160. The Labute approximate surface area is 200 Å². The van der Waals surface area contributed by atoms with E-state index in [4.69, 9.17) is 4.74 Å².